The number of pyridine rings is 1. The van der Waals surface area contributed by atoms with E-state index in [0.717, 1.165) is 6.42 Å². The number of nitrogens with zero attached hydrogens (tertiary/aromatic N) is 2. The van der Waals surface area contributed by atoms with Crippen LogP contribution in [0.2, 0.25) is 5.02 Å². The van der Waals surface area contributed by atoms with Gasteiger partial charge in [0.25, 0.3) is 5.91 Å². The molecule has 1 rings (SSSR count). The van der Waals surface area contributed by atoms with E-state index in [9.17, 15) is 4.79 Å². The van der Waals surface area contributed by atoms with Crippen molar-refractivity contribution in [2.75, 3.05) is 12.5 Å². The number of carbonyl (C=O) groups is 1. The standard InChI is InChI=1S/C13H21ClN4O/c1-8(2)5-9(3)18(4)13(19)10-6-11(14)12(17-15)16-7-10/h6-9H,5,15H2,1-4H3,(H,16,17). The fourth-order valence-electron chi connectivity index (χ4n) is 1.91. The number of anilines is 1. The Kier molecular flexibility index (Phi) is 5.57. The Morgan fingerprint density at radius 2 is 2.16 bits per heavy atom. The summed E-state index contributed by atoms with van der Waals surface area (Å²) in [5.41, 5.74) is 2.83. The van der Waals surface area contributed by atoms with E-state index >= 15 is 0 Å². The van der Waals surface area contributed by atoms with Crippen LogP contribution in [0.25, 0.3) is 0 Å². The van der Waals surface area contributed by atoms with Crippen LogP contribution in [0.4, 0.5) is 5.82 Å². The molecule has 1 amide bonds. The highest BCUT2D eigenvalue weighted by atomic mass is 35.5. The maximum absolute atomic E-state index is 12.3. The normalized spacial score (nSPS) is 12.4. The van der Waals surface area contributed by atoms with Gasteiger partial charge >= 0.3 is 0 Å². The second-order valence-electron chi connectivity index (χ2n) is 5.09. The molecule has 0 aliphatic rings. The fourth-order valence-corrected chi connectivity index (χ4v) is 2.13. The van der Waals surface area contributed by atoms with E-state index in [4.69, 9.17) is 17.4 Å². The highest BCUT2D eigenvalue weighted by Gasteiger charge is 2.19. The zero-order valence-corrected chi connectivity index (χ0v) is 12.5. The number of nitrogen functional groups attached to an aromatic ring is 1. The summed E-state index contributed by atoms with van der Waals surface area (Å²) >= 11 is 5.97. The van der Waals surface area contributed by atoms with Crippen LogP contribution in [0.5, 0.6) is 0 Å². The number of halogens is 1. The molecule has 5 nitrogen and oxygen atoms in total. The molecule has 0 bridgehead atoms. The molecule has 1 aromatic heterocycles. The zero-order chi connectivity index (χ0) is 14.6. The predicted molar refractivity (Wildman–Crippen MR) is 78.1 cm³/mol. The van der Waals surface area contributed by atoms with Crippen LogP contribution in [-0.2, 0) is 0 Å². The third kappa shape index (κ3) is 4.08. The molecule has 1 heterocycles. The van der Waals surface area contributed by atoms with E-state index in [0.29, 0.717) is 22.3 Å². The molecule has 0 aliphatic heterocycles. The molecule has 0 saturated heterocycles. The molecular formula is C13H21ClN4O. The van der Waals surface area contributed by atoms with Crippen molar-refractivity contribution in [3.05, 3.63) is 22.8 Å². The van der Waals surface area contributed by atoms with Gasteiger partial charge in [-0.25, -0.2) is 10.8 Å². The number of hydrogen-bond donors (Lipinski definition) is 2. The smallest absolute Gasteiger partial charge is 0.255 e. The summed E-state index contributed by atoms with van der Waals surface area (Å²) in [5, 5.41) is 0.332. The third-order valence-corrected chi connectivity index (χ3v) is 3.31. The molecule has 6 heteroatoms. The Morgan fingerprint density at radius 1 is 1.53 bits per heavy atom. The maximum atomic E-state index is 12.3. The van der Waals surface area contributed by atoms with Gasteiger partial charge in [-0.3, -0.25) is 4.79 Å². The minimum atomic E-state index is -0.0916. The van der Waals surface area contributed by atoms with Crippen LogP contribution in [0.3, 0.4) is 0 Å². The molecule has 0 spiro atoms. The Labute approximate surface area is 119 Å². The van der Waals surface area contributed by atoms with Crippen molar-refractivity contribution in [3.63, 3.8) is 0 Å². The highest BCUT2D eigenvalue weighted by molar-refractivity contribution is 6.33. The van der Waals surface area contributed by atoms with Crippen LogP contribution in [-0.4, -0.2) is 28.9 Å². The number of nitrogens with two attached hydrogens (primary N) is 1. The monoisotopic (exact) mass is 284 g/mol. The van der Waals surface area contributed by atoms with Gasteiger partial charge in [-0.2, -0.15) is 0 Å². The van der Waals surface area contributed by atoms with Gasteiger partial charge in [0.05, 0.1) is 10.6 Å². The zero-order valence-electron chi connectivity index (χ0n) is 11.8. The maximum Gasteiger partial charge on any atom is 0.255 e. The first-order valence-corrected chi connectivity index (χ1v) is 6.64. The molecular weight excluding hydrogens is 264 g/mol. The van der Waals surface area contributed by atoms with Crippen molar-refractivity contribution in [1.29, 1.82) is 0 Å². The van der Waals surface area contributed by atoms with Crippen LogP contribution < -0.4 is 11.3 Å². The Morgan fingerprint density at radius 3 is 2.63 bits per heavy atom. The predicted octanol–water partition coefficient (Wildman–Crippen LogP) is 2.53. The van der Waals surface area contributed by atoms with Crippen LogP contribution in [0, 0.1) is 5.92 Å². The van der Waals surface area contributed by atoms with Gasteiger partial charge in [-0.1, -0.05) is 25.4 Å². The number of hydrazine groups is 1. The van der Waals surface area contributed by atoms with Gasteiger partial charge in [0, 0.05) is 19.3 Å². The van der Waals surface area contributed by atoms with Crippen molar-refractivity contribution < 1.29 is 4.79 Å². The number of hydrogen-bond acceptors (Lipinski definition) is 4. The topological polar surface area (TPSA) is 71.2 Å². The van der Waals surface area contributed by atoms with E-state index in [2.05, 4.69) is 24.3 Å². The van der Waals surface area contributed by atoms with Gasteiger partial charge in [-0.05, 0) is 25.3 Å². The van der Waals surface area contributed by atoms with Gasteiger partial charge < -0.3 is 10.3 Å². The van der Waals surface area contributed by atoms with Crippen molar-refractivity contribution in [2.45, 2.75) is 33.2 Å². The average molecular weight is 285 g/mol. The second-order valence-corrected chi connectivity index (χ2v) is 5.50. The van der Waals surface area contributed by atoms with E-state index in [1.54, 1.807) is 18.0 Å². The largest absolute Gasteiger partial charge is 0.339 e. The first-order valence-electron chi connectivity index (χ1n) is 6.26. The highest BCUT2D eigenvalue weighted by Crippen LogP contribution is 2.20. The summed E-state index contributed by atoms with van der Waals surface area (Å²) in [6.07, 6.45) is 2.42. The lowest BCUT2D eigenvalue weighted by Gasteiger charge is -2.26. The van der Waals surface area contributed by atoms with E-state index < -0.39 is 0 Å². The quantitative estimate of drug-likeness (QED) is 0.644. The minimum Gasteiger partial charge on any atom is -0.339 e. The van der Waals surface area contributed by atoms with Gasteiger partial charge in [-0.15, -0.1) is 0 Å². The lowest BCUT2D eigenvalue weighted by atomic mass is 10.0. The minimum absolute atomic E-state index is 0.0916. The molecule has 0 aromatic carbocycles. The number of amides is 1. The Bertz CT molecular complexity index is 450. The fraction of sp³-hybridized carbons (Fsp3) is 0.538. The Balaban J connectivity index is 2.85. The molecule has 0 fully saturated rings. The van der Waals surface area contributed by atoms with Crippen molar-refractivity contribution in [1.82, 2.24) is 9.88 Å². The van der Waals surface area contributed by atoms with Gasteiger partial charge in [0.15, 0.2) is 5.82 Å². The summed E-state index contributed by atoms with van der Waals surface area (Å²) in [6, 6.07) is 1.74. The molecule has 3 N–H and O–H groups in total. The number of aromatic nitrogens is 1. The van der Waals surface area contributed by atoms with Crippen molar-refractivity contribution in [3.8, 4) is 0 Å². The Hall–Kier alpha value is -1.33. The van der Waals surface area contributed by atoms with Crippen LogP contribution in [0.1, 0.15) is 37.6 Å². The first kappa shape index (κ1) is 15.7. The molecule has 0 aliphatic carbocycles. The van der Waals surface area contributed by atoms with E-state index in [1.165, 1.54) is 6.20 Å². The molecule has 106 valence electrons. The first-order chi connectivity index (χ1) is 8.86. The van der Waals surface area contributed by atoms with Crippen LogP contribution in [0.15, 0.2) is 12.3 Å². The summed E-state index contributed by atoms with van der Waals surface area (Å²) in [6.45, 7) is 6.30. The molecule has 0 saturated carbocycles. The van der Waals surface area contributed by atoms with Gasteiger partial charge in [0.2, 0.25) is 0 Å². The summed E-state index contributed by atoms with van der Waals surface area (Å²) in [4.78, 5) is 18.0. The van der Waals surface area contributed by atoms with Crippen molar-refractivity contribution >= 4 is 23.3 Å². The molecule has 1 unspecified atom stereocenters. The SMILES string of the molecule is CC(C)CC(C)N(C)C(=O)c1cnc(NN)c(Cl)c1. The van der Waals surface area contributed by atoms with Gasteiger partial charge in [0.1, 0.15) is 0 Å². The molecule has 19 heavy (non-hydrogen) atoms. The average Bonchev–Trinajstić information content (AvgIpc) is 2.36. The number of rotatable bonds is 5. The van der Waals surface area contributed by atoms with E-state index in [1.807, 2.05) is 6.92 Å². The summed E-state index contributed by atoms with van der Waals surface area (Å²) in [5.74, 6) is 6.05. The third-order valence-electron chi connectivity index (χ3n) is 3.02. The lowest BCUT2D eigenvalue weighted by Crippen LogP contribution is -2.36. The lowest BCUT2D eigenvalue weighted by molar-refractivity contribution is 0.0728. The molecule has 1 aromatic rings. The summed E-state index contributed by atoms with van der Waals surface area (Å²) in [7, 11) is 1.79. The summed E-state index contributed by atoms with van der Waals surface area (Å²) < 4.78 is 0. The molecule has 0 radical (unpaired) electrons. The molecule has 1 atom stereocenters. The number of nitrogens with one attached hydrogen (secondary N) is 1. The second kappa shape index (κ2) is 6.73. The van der Waals surface area contributed by atoms with Crippen LogP contribution >= 0.6 is 11.6 Å². The van der Waals surface area contributed by atoms with E-state index in [-0.39, 0.29) is 11.9 Å². The number of carbonyl (C=O) groups excluding carboxylic acids is 1. The van der Waals surface area contributed by atoms with Crippen molar-refractivity contribution in [2.24, 2.45) is 11.8 Å².